The molecule has 108 valence electrons. The van der Waals surface area contributed by atoms with Gasteiger partial charge in [0.05, 0.1) is 0 Å². The Morgan fingerprint density at radius 3 is 2.61 bits per heavy atom. The number of ether oxygens (including phenoxy) is 1. The lowest BCUT2D eigenvalue weighted by atomic mass is 10.1. The van der Waals surface area contributed by atoms with Crippen molar-refractivity contribution < 1.29 is 4.74 Å². The van der Waals surface area contributed by atoms with Gasteiger partial charge < -0.3 is 15.4 Å². The van der Waals surface area contributed by atoms with Crippen molar-refractivity contribution in [2.45, 2.75) is 58.9 Å². The van der Waals surface area contributed by atoms with Crippen LogP contribution in [0.3, 0.4) is 0 Å². The van der Waals surface area contributed by atoms with E-state index in [-0.39, 0.29) is 0 Å². The van der Waals surface area contributed by atoms with Gasteiger partial charge >= 0.3 is 0 Å². The molecule has 0 saturated carbocycles. The Balaban J connectivity index is 3.92. The van der Waals surface area contributed by atoms with Gasteiger partial charge in [-0.05, 0) is 26.7 Å². The molecule has 0 aromatic rings. The molecule has 0 spiro atoms. The van der Waals surface area contributed by atoms with Gasteiger partial charge in [-0.15, -0.1) is 0 Å². The number of hydrogen-bond acceptors (Lipinski definition) is 2. The van der Waals surface area contributed by atoms with Crippen molar-refractivity contribution in [2.75, 3.05) is 26.8 Å². The Hall–Kier alpha value is -0.770. The third-order valence-electron chi connectivity index (χ3n) is 2.74. The van der Waals surface area contributed by atoms with Gasteiger partial charge in [0.2, 0.25) is 0 Å². The molecular formula is C14H31N3O. The lowest BCUT2D eigenvalue weighted by Crippen LogP contribution is -2.42. The minimum atomic E-state index is 0.483. The second kappa shape index (κ2) is 12.7. The lowest BCUT2D eigenvalue weighted by Gasteiger charge is -2.17. The van der Waals surface area contributed by atoms with Crippen molar-refractivity contribution in [2.24, 2.45) is 4.99 Å². The van der Waals surface area contributed by atoms with Gasteiger partial charge in [-0.1, -0.05) is 26.2 Å². The monoisotopic (exact) mass is 257 g/mol. The molecule has 18 heavy (non-hydrogen) atoms. The van der Waals surface area contributed by atoms with Crippen LogP contribution in [0.25, 0.3) is 0 Å². The van der Waals surface area contributed by atoms with Crippen LogP contribution in [0.15, 0.2) is 4.99 Å². The van der Waals surface area contributed by atoms with Crippen LogP contribution in [0.2, 0.25) is 0 Å². The first-order chi connectivity index (χ1) is 8.74. The maximum absolute atomic E-state index is 5.02. The third-order valence-corrected chi connectivity index (χ3v) is 2.74. The van der Waals surface area contributed by atoms with Crippen molar-refractivity contribution in [3.05, 3.63) is 0 Å². The highest BCUT2D eigenvalue weighted by molar-refractivity contribution is 5.79. The van der Waals surface area contributed by atoms with Gasteiger partial charge in [-0.25, -0.2) is 0 Å². The largest absolute Gasteiger partial charge is 0.385 e. The van der Waals surface area contributed by atoms with Crippen molar-refractivity contribution in [1.29, 1.82) is 0 Å². The number of nitrogens with one attached hydrogen (secondary N) is 2. The van der Waals surface area contributed by atoms with E-state index in [1.165, 1.54) is 25.7 Å². The number of aliphatic imine (C=N–C) groups is 1. The molecule has 0 bridgehead atoms. The third kappa shape index (κ3) is 10.4. The molecule has 0 aromatic heterocycles. The second-order valence-corrected chi connectivity index (χ2v) is 4.65. The summed E-state index contributed by atoms with van der Waals surface area (Å²) in [6, 6.07) is 0.483. The van der Waals surface area contributed by atoms with Crippen LogP contribution in [0.5, 0.6) is 0 Å². The van der Waals surface area contributed by atoms with E-state index in [0.29, 0.717) is 6.04 Å². The van der Waals surface area contributed by atoms with Crippen LogP contribution in [0.1, 0.15) is 52.9 Å². The van der Waals surface area contributed by atoms with E-state index in [1.54, 1.807) is 7.11 Å². The first-order valence-electron chi connectivity index (χ1n) is 7.28. The van der Waals surface area contributed by atoms with Crippen LogP contribution in [0.4, 0.5) is 0 Å². The van der Waals surface area contributed by atoms with E-state index in [0.717, 1.165) is 32.1 Å². The van der Waals surface area contributed by atoms with Crippen LogP contribution in [-0.2, 0) is 4.74 Å². The zero-order valence-electron chi connectivity index (χ0n) is 12.6. The van der Waals surface area contributed by atoms with Crippen LogP contribution >= 0.6 is 0 Å². The predicted molar refractivity (Wildman–Crippen MR) is 79.2 cm³/mol. The van der Waals surface area contributed by atoms with Gasteiger partial charge in [0.15, 0.2) is 5.96 Å². The fourth-order valence-corrected chi connectivity index (χ4v) is 1.73. The average molecular weight is 257 g/mol. The van der Waals surface area contributed by atoms with E-state index < -0.39 is 0 Å². The van der Waals surface area contributed by atoms with E-state index in [4.69, 9.17) is 4.74 Å². The van der Waals surface area contributed by atoms with Gasteiger partial charge in [-0.2, -0.15) is 0 Å². The Bertz CT molecular complexity index is 207. The van der Waals surface area contributed by atoms with E-state index in [1.807, 2.05) is 0 Å². The molecule has 0 heterocycles. The summed E-state index contributed by atoms with van der Waals surface area (Å²) in [5, 5.41) is 6.73. The Kier molecular flexibility index (Phi) is 12.1. The van der Waals surface area contributed by atoms with Gasteiger partial charge in [0.25, 0.3) is 0 Å². The number of hydrogen-bond donors (Lipinski definition) is 2. The Labute approximate surface area is 113 Å². The molecule has 4 nitrogen and oxygen atoms in total. The van der Waals surface area contributed by atoms with Crippen LogP contribution in [0, 0.1) is 0 Å². The highest BCUT2D eigenvalue weighted by Crippen LogP contribution is 2.02. The van der Waals surface area contributed by atoms with Crippen molar-refractivity contribution in [1.82, 2.24) is 10.6 Å². The summed E-state index contributed by atoms with van der Waals surface area (Å²) < 4.78 is 5.02. The molecule has 0 aromatic carbocycles. The molecular weight excluding hydrogens is 226 g/mol. The van der Waals surface area contributed by atoms with Crippen molar-refractivity contribution in [3.63, 3.8) is 0 Å². The smallest absolute Gasteiger partial charge is 0.191 e. The Morgan fingerprint density at radius 2 is 2.00 bits per heavy atom. The molecule has 0 rings (SSSR count). The summed E-state index contributed by atoms with van der Waals surface area (Å²) in [5.74, 6) is 0.928. The SMILES string of the molecule is CCCCCC(C)NC(=NCCCOC)NCC. The molecule has 4 heteroatoms. The molecule has 1 atom stereocenters. The number of methoxy groups -OCH3 is 1. The van der Waals surface area contributed by atoms with Crippen LogP contribution < -0.4 is 10.6 Å². The van der Waals surface area contributed by atoms with Crippen molar-refractivity contribution in [3.8, 4) is 0 Å². The fourth-order valence-electron chi connectivity index (χ4n) is 1.73. The maximum Gasteiger partial charge on any atom is 0.191 e. The summed E-state index contributed by atoms with van der Waals surface area (Å²) in [5.41, 5.74) is 0. The minimum Gasteiger partial charge on any atom is -0.385 e. The minimum absolute atomic E-state index is 0.483. The lowest BCUT2D eigenvalue weighted by molar-refractivity contribution is 0.197. The summed E-state index contributed by atoms with van der Waals surface area (Å²) >= 11 is 0. The van der Waals surface area contributed by atoms with E-state index in [2.05, 4.69) is 36.4 Å². The van der Waals surface area contributed by atoms with E-state index in [9.17, 15) is 0 Å². The average Bonchev–Trinajstić information content (AvgIpc) is 2.35. The second-order valence-electron chi connectivity index (χ2n) is 4.65. The number of nitrogens with zero attached hydrogens (tertiary/aromatic N) is 1. The number of guanidine groups is 1. The zero-order valence-corrected chi connectivity index (χ0v) is 12.6. The highest BCUT2D eigenvalue weighted by atomic mass is 16.5. The van der Waals surface area contributed by atoms with Gasteiger partial charge in [0.1, 0.15) is 0 Å². The Morgan fingerprint density at radius 1 is 1.22 bits per heavy atom. The first kappa shape index (κ1) is 17.2. The summed E-state index contributed by atoms with van der Waals surface area (Å²) in [4.78, 5) is 4.53. The molecule has 0 aliphatic carbocycles. The van der Waals surface area contributed by atoms with Crippen LogP contribution in [-0.4, -0.2) is 38.8 Å². The number of unbranched alkanes of at least 4 members (excludes halogenated alkanes) is 2. The molecule has 1 unspecified atom stereocenters. The molecule has 0 radical (unpaired) electrons. The standard InChI is InChI=1S/C14H31N3O/c1-5-7-8-10-13(3)17-14(15-6-2)16-11-9-12-18-4/h13H,5-12H2,1-4H3,(H2,15,16,17). The molecule has 0 saturated heterocycles. The molecule has 2 N–H and O–H groups in total. The zero-order chi connectivity index (χ0) is 13.6. The molecule has 0 aliphatic rings. The molecule has 0 aliphatic heterocycles. The topological polar surface area (TPSA) is 45.7 Å². The predicted octanol–water partition coefficient (Wildman–Crippen LogP) is 2.55. The van der Waals surface area contributed by atoms with Gasteiger partial charge in [-0.3, -0.25) is 4.99 Å². The molecule has 0 fully saturated rings. The van der Waals surface area contributed by atoms with E-state index >= 15 is 0 Å². The number of rotatable bonds is 10. The maximum atomic E-state index is 5.02. The normalized spacial score (nSPS) is 13.4. The first-order valence-corrected chi connectivity index (χ1v) is 7.28. The highest BCUT2D eigenvalue weighted by Gasteiger charge is 2.04. The van der Waals surface area contributed by atoms with Gasteiger partial charge in [0, 0.05) is 32.8 Å². The molecule has 0 amide bonds. The quantitative estimate of drug-likeness (QED) is 0.359. The van der Waals surface area contributed by atoms with Crippen molar-refractivity contribution >= 4 is 5.96 Å². The summed E-state index contributed by atoms with van der Waals surface area (Å²) in [6.07, 6.45) is 6.05. The summed E-state index contributed by atoms with van der Waals surface area (Å²) in [6.45, 7) is 9.03. The fraction of sp³-hybridized carbons (Fsp3) is 0.929. The summed E-state index contributed by atoms with van der Waals surface area (Å²) in [7, 11) is 1.73.